The number of halogens is 1. The quantitative estimate of drug-likeness (QED) is 0.679. The monoisotopic (exact) mass is 276 g/mol. The first-order valence-electron chi connectivity index (χ1n) is 4.93. The molecule has 0 aliphatic heterocycles. The molecule has 0 saturated carbocycles. The smallest absolute Gasteiger partial charge is 0.169 e. The fraction of sp³-hybridized carbons (Fsp3) is 0.0833. The van der Waals surface area contributed by atoms with Crippen LogP contribution in [0.5, 0.6) is 0 Å². The minimum Gasteiger partial charge on any atom is -0.448 e. The van der Waals surface area contributed by atoms with Gasteiger partial charge in [0.25, 0.3) is 0 Å². The molecule has 0 fully saturated rings. The summed E-state index contributed by atoms with van der Waals surface area (Å²) in [6, 6.07) is 7.86. The van der Waals surface area contributed by atoms with Crippen LogP contribution in [0, 0.1) is 6.92 Å². The molecule has 0 spiro atoms. The third-order valence-corrected chi connectivity index (χ3v) is 2.87. The molecule has 0 unspecified atom stereocenters. The van der Waals surface area contributed by atoms with Crippen molar-refractivity contribution in [3.63, 3.8) is 0 Å². The number of aromatic nitrogens is 2. The Kier molecular flexibility index (Phi) is 2.11. The molecule has 0 bridgehead atoms. The van der Waals surface area contributed by atoms with Crippen LogP contribution >= 0.6 is 15.9 Å². The number of hydrogen-bond acceptors (Lipinski definition) is 2. The van der Waals surface area contributed by atoms with Crippen molar-refractivity contribution in [1.82, 2.24) is 9.38 Å². The molecule has 3 aromatic heterocycles. The van der Waals surface area contributed by atoms with E-state index in [1.54, 1.807) is 0 Å². The van der Waals surface area contributed by atoms with E-state index < -0.39 is 0 Å². The lowest BCUT2D eigenvalue weighted by atomic mass is 10.3. The maximum atomic E-state index is 5.47. The molecular weight excluding hydrogens is 268 g/mol. The topological polar surface area (TPSA) is 30.4 Å². The van der Waals surface area contributed by atoms with Crippen LogP contribution in [-0.2, 0) is 0 Å². The van der Waals surface area contributed by atoms with Crippen LogP contribution in [0.3, 0.4) is 0 Å². The van der Waals surface area contributed by atoms with Crippen LogP contribution in [0.15, 0.2) is 45.7 Å². The molecule has 0 atom stereocenters. The van der Waals surface area contributed by atoms with Gasteiger partial charge in [-0.15, -0.1) is 0 Å². The summed E-state index contributed by atoms with van der Waals surface area (Å²) in [5, 5.41) is 0. The third kappa shape index (κ3) is 1.55. The van der Waals surface area contributed by atoms with Crippen molar-refractivity contribution in [2.24, 2.45) is 0 Å². The number of pyridine rings is 1. The first-order valence-corrected chi connectivity index (χ1v) is 5.73. The molecule has 0 saturated heterocycles. The molecule has 3 nitrogen and oxygen atoms in total. The summed E-state index contributed by atoms with van der Waals surface area (Å²) < 4.78 is 8.17. The predicted octanol–water partition coefficient (Wildman–Crippen LogP) is 3.67. The molecule has 0 aliphatic rings. The number of nitrogens with zero attached hydrogens (tertiary/aromatic N) is 2. The Balaban J connectivity index is 2.18. The largest absolute Gasteiger partial charge is 0.448 e. The van der Waals surface area contributed by atoms with E-state index in [1.807, 2.05) is 35.0 Å². The summed E-state index contributed by atoms with van der Waals surface area (Å²) in [6.45, 7) is 2.05. The molecule has 16 heavy (non-hydrogen) atoms. The van der Waals surface area contributed by atoms with E-state index in [0.717, 1.165) is 21.8 Å². The molecule has 3 heterocycles. The van der Waals surface area contributed by atoms with E-state index in [4.69, 9.17) is 4.42 Å². The molecule has 0 radical (unpaired) electrons. The average molecular weight is 277 g/mol. The van der Waals surface area contributed by atoms with Gasteiger partial charge in [-0.3, -0.25) is 0 Å². The first kappa shape index (κ1) is 9.66. The molecule has 3 rings (SSSR count). The number of imidazole rings is 1. The first-order chi connectivity index (χ1) is 7.72. The zero-order valence-electron chi connectivity index (χ0n) is 8.64. The van der Waals surface area contributed by atoms with Crippen LogP contribution < -0.4 is 0 Å². The number of hydrogen-bond donors (Lipinski definition) is 0. The van der Waals surface area contributed by atoms with Crippen LogP contribution in [-0.4, -0.2) is 9.38 Å². The van der Waals surface area contributed by atoms with E-state index in [-0.39, 0.29) is 0 Å². The Hall–Kier alpha value is -1.55. The van der Waals surface area contributed by atoms with Crippen molar-refractivity contribution in [1.29, 1.82) is 0 Å². The van der Waals surface area contributed by atoms with E-state index >= 15 is 0 Å². The zero-order chi connectivity index (χ0) is 11.1. The number of fused-ring (bicyclic) bond motifs is 1. The third-order valence-electron chi connectivity index (χ3n) is 2.44. The summed E-state index contributed by atoms with van der Waals surface area (Å²) in [6.07, 6.45) is 3.96. The maximum absolute atomic E-state index is 5.47. The Labute approximate surface area is 101 Å². The molecule has 3 aromatic rings. The number of rotatable bonds is 1. The molecule has 0 aromatic carbocycles. The van der Waals surface area contributed by atoms with E-state index in [1.165, 1.54) is 5.56 Å². The summed E-state index contributed by atoms with van der Waals surface area (Å²) in [7, 11) is 0. The molecule has 0 N–H and O–H groups in total. The van der Waals surface area contributed by atoms with Crippen molar-refractivity contribution in [3.8, 4) is 11.5 Å². The number of aryl methyl sites for hydroxylation is 1. The van der Waals surface area contributed by atoms with Gasteiger partial charge in [0.1, 0.15) is 11.3 Å². The summed E-state index contributed by atoms with van der Waals surface area (Å²) in [5.74, 6) is 0.772. The van der Waals surface area contributed by atoms with E-state index in [9.17, 15) is 0 Å². The van der Waals surface area contributed by atoms with Gasteiger partial charge in [-0.05, 0) is 52.7 Å². The van der Waals surface area contributed by atoms with Gasteiger partial charge in [0.05, 0.1) is 0 Å². The number of furan rings is 1. The highest BCUT2D eigenvalue weighted by molar-refractivity contribution is 9.10. The summed E-state index contributed by atoms with van der Waals surface area (Å²) in [4.78, 5) is 4.51. The summed E-state index contributed by atoms with van der Waals surface area (Å²) >= 11 is 3.28. The van der Waals surface area contributed by atoms with Gasteiger partial charge in [0, 0.05) is 12.4 Å². The van der Waals surface area contributed by atoms with Crippen LogP contribution in [0.4, 0.5) is 0 Å². The lowest BCUT2D eigenvalue weighted by molar-refractivity contribution is 0.554. The minimum atomic E-state index is 0.718. The van der Waals surface area contributed by atoms with Gasteiger partial charge < -0.3 is 8.82 Å². The van der Waals surface area contributed by atoms with Gasteiger partial charge in [-0.2, -0.15) is 0 Å². The van der Waals surface area contributed by atoms with Crippen molar-refractivity contribution in [3.05, 3.63) is 46.9 Å². The Bertz CT molecular complexity index is 654. The van der Waals surface area contributed by atoms with Crippen molar-refractivity contribution >= 4 is 21.6 Å². The van der Waals surface area contributed by atoms with E-state index in [2.05, 4.69) is 33.9 Å². The second kappa shape index (κ2) is 3.49. The van der Waals surface area contributed by atoms with Crippen molar-refractivity contribution in [2.45, 2.75) is 6.92 Å². The van der Waals surface area contributed by atoms with Crippen molar-refractivity contribution < 1.29 is 4.42 Å². The normalized spacial score (nSPS) is 11.1. The Morgan fingerprint density at radius 1 is 1.31 bits per heavy atom. The molecule has 80 valence electrons. The Morgan fingerprint density at radius 2 is 2.19 bits per heavy atom. The lowest BCUT2D eigenvalue weighted by Crippen LogP contribution is -1.81. The SMILES string of the molecule is Cc1ccn2cc(-c3ccc(Br)o3)nc2c1. The summed E-state index contributed by atoms with van der Waals surface area (Å²) in [5.41, 5.74) is 2.98. The highest BCUT2D eigenvalue weighted by atomic mass is 79.9. The minimum absolute atomic E-state index is 0.718. The lowest BCUT2D eigenvalue weighted by Gasteiger charge is -1.92. The second-order valence-corrected chi connectivity index (χ2v) is 4.48. The predicted molar refractivity (Wildman–Crippen MR) is 65.3 cm³/mol. The fourth-order valence-corrected chi connectivity index (χ4v) is 1.96. The van der Waals surface area contributed by atoms with E-state index in [0.29, 0.717) is 0 Å². The van der Waals surface area contributed by atoms with Crippen LogP contribution in [0.25, 0.3) is 17.1 Å². The van der Waals surface area contributed by atoms with Crippen molar-refractivity contribution in [2.75, 3.05) is 0 Å². The van der Waals surface area contributed by atoms with Gasteiger partial charge in [-0.25, -0.2) is 4.98 Å². The van der Waals surface area contributed by atoms with Gasteiger partial charge >= 0.3 is 0 Å². The van der Waals surface area contributed by atoms with Gasteiger partial charge in [0.15, 0.2) is 10.4 Å². The molecule has 4 heteroatoms. The molecule has 0 amide bonds. The highest BCUT2D eigenvalue weighted by Gasteiger charge is 2.07. The van der Waals surface area contributed by atoms with Gasteiger partial charge in [0.2, 0.25) is 0 Å². The molecule has 0 aliphatic carbocycles. The van der Waals surface area contributed by atoms with Gasteiger partial charge in [-0.1, -0.05) is 0 Å². The average Bonchev–Trinajstić information content (AvgIpc) is 2.83. The van der Waals surface area contributed by atoms with Crippen LogP contribution in [0.2, 0.25) is 0 Å². The fourth-order valence-electron chi connectivity index (χ4n) is 1.65. The van der Waals surface area contributed by atoms with Crippen LogP contribution in [0.1, 0.15) is 5.56 Å². The highest BCUT2D eigenvalue weighted by Crippen LogP contribution is 2.24. The zero-order valence-corrected chi connectivity index (χ0v) is 10.2. The molecular formula is C12H9BrN2O. The second-order valence-electron chi connectivity index (χ2n) is 3.70. The standard InChI is InChI=1S/C12H9BrN2O/c1-8-4-5-15-7-9(14-12(15)6-8)10-2-3-11(13)16-10/h2-7H,1H3. The maximum Gasteiger partial charge on any atom is 0.169 e. The Morgan fingerprint density at radius 3 is 2.94 bits per heavy atom.